The van der Waals surface area contributed by atoms with Gasteiger partial charge in [-0.25, -0.2) is 5.43 Å². The number of furan rings is 1. The number of nitro groups is 1. The predicted molar refractivity (Wildman–Crippen MR) is 115 cm³/mol. The molecule has 10 heteroatoms. The third kappa shape index (κ3) is 5.42. The quantitative estimate of drug-likeness (QED) is 0.293. The summed E-state index contributed by atoms with van der Waals surface area (Å²) < 4.78 is 16.2. The number of hydrogen-bond donors (Lipinski definition) is 2. The van der Waals surface area contributed by atoms with Crippen LogP contribution in [0.25, 0.3) is 0 Å². The monoisotopic (exact) mass is 439 g/mol. The molecule has 0 saturated carbocycles. The molecular weight excluding hydrogens is 418 g/mol. The Kier molecular flexibility index (Phi) is 7.06. The van der Waals surface area contributed by atoms with Crippen molar-refractivity contribution in [3.63, 3.8) is 0 Å². The highest BCUT2D eigenvalue weighted by Gasteiger charge is 2.17. The smallest absolute Gasteiger partial charge is 0.311 e. The van der Waals surface area contributed by atoms with Gasteiger partial charge in [0.05, 0.1) is 17.7 Å². The molecule has 0 bridgehead atoms. The van der Waals surface area contributed by atoms with Crippen molar-refractivity contribution < 1.29 is 28.7 Å². The first-order chi connectivity index (χ1) is 15.4. The highest BCUT2D eigenvalue weighted by atomic mass is 16.6. The molecule has 0 aliphatic heterocycles. The van der Waals surface area contributed by atoms with Gasteiger partial charge >= 0.3 is 11.6 Å². The fraction of sp³-hybridized carbons (Fsp3) is 0.182. The van der Waals surface area contributed by atoms with Gasteiger partial charge in [0, 0.05) is 11.6 Å². The van der Waals surface area contributed by atoms with E-state index in [0.29, 0.717) is 23.7 Å². The molecule has 0 aliphatic rings. The van der Waals surface area contributed by atoms with Crippen molar-refractivity contribution in [3.05, 3.63) is 81.3 Å². The zero-order valence-electron chi connectivity index (χ0n) is 17.4. The van der Waals surface area contributed by atoms with Gasteiger partial charge in [-0.3, -0.25) is 14.9 Å². The van der Waals surface area contributed by atoms with Crippen LogP contribution in [-0.2, 0) is 6.61 Å². The molecule has 2 N–H and O–H groups in total. The molecule has 2 aromatic carbocycles. The molecule has 1 aromatic heterocycles. The summed E-state index contributed by atoms with van der Waals surface area (Å²) in [6, 6.07) is 12.5. The van der Waals surface area contributed by atoms with Crippen LogP contribution < -0.4 is 14.9 Å². The highest BCUT2D eigenvalue weighted by molar-refractivity contribution is 5.93. The van der Waals surface area contributed by atoms with Crippen LogP contribution in [0.2, 0.25) is 0 Å². The number of ether oxygens (including phenoxy) is 2. The second kappa shape index (κ2) is 10.1. The van der Waals surface area contributed by atoms with Gasteiger partial charge < -0.3 is 19.0 Å². The number of carbonyl (C=O) groups excluding carboxylic acids is 1. The van der Waals surface area contributed by atoms with Gasteiger partial charge in [-0.05, 0) is 49.7 Å². The number of phenols is 1. The largest absolute Gasteiger partial charge is 0.504 e. The van der Waals surface area contributed by atoms with E-state index in [0.717, 1.165) is 5.56 Å². The first-order valence-corrected chi connectivity index (χ1v) is 9.63. The number of hydrazone groups is 1. The normalized spacial score (nSPS) is 10.8. The van der Waals surface area contributed by atoms with E-state index in [9.17, 15) is 20.0 Å². The molecule has 1 heterocycles. The van der Waals surface area contributed by atoms with Crippen LogP contribution in [0.1, 0.15) is 34.4 Å². The number of nitro benzene ring substituents is 1. The Morgan fingerprint density at radius 1 is 1.22 bits per heavy atom. The van der Waals surface area contributed by atoms with Crippen LogP contribution in [0.4, 0.5) is 5.69 Å². The highest BCUT2D eigenvalue weighted by Crippen LogP contribution is 2.29. The summed E-state index contributed by atoms with van der Waals surface area (Å²) in [5, 5.41) is 25.1. The third-order valence-corrected chi connectivity index (χ3v) is 4.27. The summed E-state index contributed by atoms with van der Waals surface area (Å²) in [6.45, 7) is 3.84. The molecule has 0 atom stereocenters. The van der Waals surface area contributed by atoms with E-state index in [4.69, 9.17) is 13.9 Å². The van der Waals surface area contributed by atoms with E-state index in [-0.39, 0.29) is 29.6 Å². The number of benzene rings is 2. The second-order valence-electron chi connectivity index (χ2n) is 6.61. The van der Waals surface area contributed by atoms with Gasteiger partial charge in [-0.15, -0.1) is 0 Å². The minimum absolute atomic E-state index is 0.0218. The number of nitrogens with zero attached hydrogens (tertiary/aromatic N) is 2. The van der Waals surface area contributed by atoms with Gasteiger partial charge in [0.2, 0.25) is 0 Å². The lowest BCUT2D eigenvalue weighted by molar-refractivity contribution is -0.386. The number of aryl methyl sites for hydroxylation is 1. The van der Waals surface area contributed by atoms with Crippen LogP contribution in [0, 0.1) is 17.0 Å². The fourth-order valence-electron chi connectivity index (χ4n) is 2.75. The first kappa shape index (κ1) is 22.3. The maximum absolute atomic E-state index is 12.2. The number of amides is 1. The SMILES string of the molecule is CCOc1cccc(C=NNC(=O)c2ccc(COc3ccc(C)cc3[N+](=O)[O-])o2)c1O. The van der Waals surface area contributed by atoms with E-state index < -0.39 is 10.8 Å². The standard InChI is InChI=1S/C22H21N3O7/c1-3-30-19-6-4-5-15(21(19)26)12-23-24-22(27)20-10-8-16(32-20)13-31-18-9-7-14(2)11-17(18)25(28)29/h4-12,26H,3,13H2,1-2H3,(H,24,27). The van der Waals surface area contributed by atoms with E-state index >= 15 is 0 Å². The number of carbonyl (C=O) groups is 1. The lowest BCUT2D eigenvalue weighted by Gasteiger charge is -2.07. The Balaban J connectivity index is 1.60. The lowest BCUT2D eigenvalue weighted by atomic mass is 10.2. The molecule has 0 spiro atoms. The van der Waals surface area contributed by atoms with Crippen molar-refractivity contribution in [2.45, 2.75) is 20.5 Å². The topological polar surface area (TPSA) is 136 Å². The number of rotatable bonds is 9. The molecule has 32 heavy (non-hydrogen) atoms. The number of nitrogens with one attached hydrogen (secondary N) is 1. The summed E-state index contributed by atoms with van der Waals surface area (Å²) in [4.78, 5) is 22.9. The number of phenolic OH excluding ortho intramolecular Hbond substituents is 1. The summed E-state index contributed by atoms with van der Waals surface area (Å²) in [7, 11) is 0. The minimum atomic E-state index is -0.616. The average Bonchev–Trinajstić information content (AvgIpc) is 3.24. The maximum Gasteiger partial charge on any atom is 0.311 e. The molecular formula is C22H21N3O7. The predicted octanol–water partition coefficient (Wildman–Crippen LogP) is 3.94. The lowest BCUT2D eigenvalue weighted by Crippen LogP contribution is -2.16. The summed E-state index contributed by atoms with van der Waals surface area (Å²) in [5.41, 5.74) is 3.25. The Labute approximate surface area is 183 Å². The van der Waals surface area contributed by atoms with Gasteiger partial charge in [0.15, 0.2) is 23.0 Å². The zero-order chi connectivity index (χ0) is 23.1. The molecule has 166 valence electrons. The number of para-hydroxylation sites is 1. The van der Waals surface area contributed by atoms with Crippen LogP contribution >= 0.6 is 0 Å². The molecule has 10 nitrogen and oxygen atoms in total. The molecule has 1 amide bonds. The first-order valence-electron chi connectivity index (χ1n) is 9.63. The molecule has 0 saturated heterocycles. The molecule has 3 aromatic rings. The number of hydrogen-bond acceptors (Lipinski definition) is 8. The maximum atomic E-state index is 12.2. The third-order valence-electron chi connectivity index (χ3n) is 4.27. The zero-order valence-corrected chi connectivity index (χ0v) is 17.4. The molecule has 3 rings (SSSR count). The van der Waals surface area contributed by atoms with E-state index in [1.54, 1.807) is 38.1 Å². The van der Waals surface area contributed by atoms with E-state index in [1.165, 1.54) is 30.5 Å². The van der Waals surface area contributed by atoms with Crippen LogP contribution in [0.15, 0.2) is 58.0 Å². The van der Waals surface area contributed by atoms with Crippen molar-refractivity contribution in [1.82, 2.24) is 5.43 Å². The Morgan fingerprint density at radius 3 is 2.78 bits per heavy atom. The van der Waals surface area contributed by atoms with Crippen molar-refractivity contribution in [1.29, 1.82) is 0 Å². The van der Waals surface area contributed by atoms with Gasteiger partial charge in [-0.2, -0.15) is 5.10 Å². The van der Waals surface area contributed by atoms with E-state index in [1.807, 2.05) is 0 Å². The number of aromatic hydroxyl groups is 1. The molecule has 0 fully saturated rings. The Morgan fingerprint density at radius 2 is 2.03 bits per heavy atom. The fourth-order valence-corrected chi connectivity index (χ4v) is 2.75. The van der Waals surface area contributed by atoms with Gasteiger partial charge in [-0.1, -0.05) is 12.1 Å². The van der Waals surface area contributed by atoms with Gasteiger partial charge in [0.1, 0.15) is 12.4 Å². The minimum Gasteiger partial charge on any atom is -0.504 e. The molecule has 0 aliphatic carbocycles. The molecule has 0 unspecified atom stereocenters. The van der Waals surface area contributed by atoms with Crippen LogP contribution in [-0.4, -0.2) is 28.8 Å². The van der Waals surface area contributed by atoms with Crippen molar-refractivity contribution in [2.75, 3.05) is 6.61 Å². The van der Waals surface area contributed by atoms with Crippen LogP contribution in [0.5, 0.6) is 17.2 Å². The van der Waals surface area contributed by atoms with Gasteiger partial charge in [0.25, 0.3) is 0 Å². The Hall–Kier alpha value is -4.34. The Bertz CT molecular complexity index is 1150. The van der Waals surface area contributed by atoms with E-state index in [2.05, 4.69) is 10.5 Å². The van der Waals surface area contributed by atoms with Crippen molar-refractivity contribution in [3.8, 4) is 17.2 Å². The molecule has 0 radical (unpaired) electrons. The summed E-state index contributed by atoms with van der Waals surface area (Å²) >= 11 is 0. The second-order valence-corrected chi connectivity index (χ2v) is 6.61. The summed E-state index contributed by atoms with van der Waals surface area (Å²) in [6.07, 6.45) is 1.28. The average molecular weight is 439 g/mol. The van der Waals surface area contributed by atoms with Crippen LogP contribution in [0.3, 0.4) is 0 Å². The summed E-state index contributed by atoms with van der Waals surface area (Å²) in [5.74, 6) is -0.0132. The van der Waals surface area contributed by atoms with Crippen molar-refractivity contribution in [2.24, 2.45) is 5.10 Å². The van der Waals surface area contributed by atoms with Crippen molar-refractivity contribution >= 4 is 17.8 Å².